The van der Waals surface area contributed by atoms with Crippen LogP contribution < -0.4 is 0 Å². The summed E-state index contributed by atoms with van der Waals surface area (Å²) in [5, 5.41) is 0. The van der Waals surface area contributed by atoms with Gasteiger partial charge in [-0.05, 0) is 38.4 Å². The van der Waals surface area contributed by atoms with Crippen molar-refractivity contribution in [1.82, 2.24) is 0 Å². The monoisotopic (exact) mass is 284 g/mol. The van der Waals surface area contributed by atoms with Crippen LogP contribution in [-0.4, -0.2) is 27.3 Å². The number of carbonyl (C=O) groups excluding carboxylic acids is 1. The number of ketones is 1. The van der Waals surface area contributed by atoms with E-state index in [4.69, 9.17) is 9.16 Å². The molecule has 110 valence electrons. The van der Waals surface area contributed by atoms with Crippen LogP contribution in [0.3, 0.4) is 0 Å². The minimum absolute atomic E-state index is 0.0981. The molecule has 0 N–H and O–H groups in total. The second kappa shape index (κ2) is 7.85. The zero-order valence-electron chi connectivity index (χ0n) is 12.8. The molecule has 0 amide bonds. The summed E-state index contributed by atoms with van der Waals surface area (Å²) >= 11 is 0. The first-order chi connectivity index (χ1) is 8.92. The van der Waals surface area contributed by atoms with E-state index in [0.29, 0.717) is 12.3 Å². The SMILES string of the molecule is CO/C=C/C(=O)C[C@@H](O[Si](C)(C)C)C1CCCCC1. The van der Waals surface area contributed by atoms with Crippen molar-refractivity contribution < 1.29 is 14.0 Å². The summed E-state index contributed by atoms with van der Waals surface area (Å²) < 4.78 is 11.1. The lowest BCUT2D eigenvalue weighted by atomic mass is 9.83. The summed E-state index contributed by atoms with van der Waals surface area (Å²) in [5.41, 5.74) is 0. The van der Waals surface area contributed by atoms with Gasteiger partial charge in [-0.15, -0.1) is 0 Å². The Hall–Kier alpha value is -0.613. The lowest BCUT2D eigenvalue weighted by molar-refractivity contribution is -0.117. The van der Waals surface area contributed by atoms with E-state index in [0.717, 1.165) is 0 Å². The molecule has 1 rings (SSSR count). The van der Waals surface area contributed by atoms with Crippen LogP contribution in [0.4, 0.5) is 0 Å². The predicted molar refractivity (Wildman–Crippen MR) is 80.6 cm³/mol. The molecule has 0 aliphatic heterocycles. The molecule has 0 aromatic heterocycles. The number of rotatable bonds is 7. The van der Waals surface area contributed by atoms with Crippen molar-refractivity contribution in [3.63, 3.8) is 0 Å². The molecule has 1 aliphatic rings. The maximum atomic E-state index is 11.9. The smallest absolute Gasteiger partial charge is 0.184 e. The van der Waals surface area contributed by atoms with E-state index in [2.05, 4.69) is 19.6 Å². The molecular formula is C15H28O3Si. The summed E-state index contributed by atoms with van der Waals surface area (Å²) in [6, 6.07) is 0. The number of ether oxygens (including phenoxy) is 1. The van der Waals surface area contributed by atoms with Crippen LogP contribution in [0.15, 0.2) is 12.3 Å². The largest absolute Gasteiger partial charge is 0.504 e. The Bertz CT molecular complexity index is 301. The van der Waals surface area contributed by atoms with Gasteiger partial charge in [-0.2, -0.15) is 0 Å². The first-order valence-electron chi connectivity index (χ1n) is 7.32. The van der Waals surface area contributed by atoms with Gasteiger partial charge >= 0.3 is 0 Å². The Labute approximate surface area is 118 Å². The van der Waals surface area contributed by atoms with Gasteiger partial charge in [-0.25, -0.2) is 0 Å². The van der Waals surface area contributed by atoms with Gasteiger partial charge in [0.1, 0.15) is 0 Å². The second-order valence-electron chi connectivity index (χ2n) is 6.38. The Morgan fingerprint density at radius 3 is 2.42 bits per heavy atom. The molecule has 4 heteroatoms. The number of allylic oxidation sites excluding steroid dienone is 1. The Balaban J connectivity index is 2.62. The van der Waals surface area contributed by atoms with Gasteiger partial charge in [0.2, 0.25) is 0 Å². The normalized spacial score (nSPS) is 19.6. The van der Waals surface area contributed by atoms with E-state index >= 15 is 0 Å². The van der Waals surface area contributed by atoms with Gasteiger partial charge in [-0.3, -0.25) is 4.79 Å². The van der Waals surface area contributed by atoms with Gasteiger partial charge < -0.3 is 9.16 Å². The van der Waals surface area contributed by atoms with Crippen molar-refractivity contribution >= 4 is 14.1 Å². The van der Waals surface area contributed by atoms with E-state index in [1.165, 1.54) is 44.4 Å². The number of carbonyl (C=O) groups is 1. The quantitative estimate of drug-likeness (QED) is 0.404. The highest BCUT2D eigenvalue weighted by Gasteiger charge is 2.30. The molecule has 1 atom stereocenters. The highest BCUT2D eigenvalue weighted by Crippen LogP contribution is 2.31. The Kier molecular flexibility index (Phi) is 6.79. The Morgan fingerprint density at radius 1 is 1.26 bits per heavy atom. The third-order valence-corrected chi connectivity index (χ3v) is 4.48. The molecule has 0 heterocycles. The van der Waals surface area contributed by atoms with Crippen molar-refractivity contribution in [3.8, 4) is 0 Å². The van der Waals surface area contributed by atoms with Gasteiger partial charge in [0.15, 0.2) is 14.1 Å². The van der Waals surface area contributed by atoms with Crippen LogP contribution >= 0.6 is 0 Å². The predicted octanol–water partition coefficient (Wildman–Crippen LogP) is 3.91. The van der Waals surface area contributed by atoms with Crippen molar-refractivity contribution in [2.75, 3.05) is 7.11 Å². The van der Waals surface area contributed by atoms with E-state index in [1.807, 2.05) is 0 Å². The van der Waals surface area contributed by atoms with E-state index in [9.17, 15) is 4.79 Å². The topological polar surface area (TPSA) is 35.5 Å². The van der Waals surface area contributed by atoms with E-state index in [1.54, 1.807) is 7.11 Å². The summed E-state index contributed by atoms with van der Waals surface area (Å²) in [6.07, 6.45) is 9.85. The molecular weight excluding hydrogens is 256 g/mol. The van der Waals surface area contributed by atoms with Crippen LogP contribution in [0.5, 0.6) is 0 Å². The molecule has 0 radical (unpaired) electrons. The molecule has 0 spiro atoms. The molecule has 3 nitrogen and oxygen atoms in total. The van der Waals surface area contributed by atoms with Gasteiger partial charge in [0.25, 0.3) is 0 Å². The van der Waals surface area contributed by atoms with Crippen LogP contribution in [0.25, 0.3) is 0 Å². The molecule has 0 saturated heterocycles. The number of hydrogen-bond acceptors (Lipinski definition) is 3. The average Bonchev–Trinajstić information content (AvgIpc) is 2.35. The standard InChI is InChI=1S/C15H28O3Si/c1-17-11-10-14(16)12-15(18-19(2,3)4)13-8-6-5-7-9-13/h10-11,13,15H,5-9,12H2,1-4H3/b11-10+/t15-/m1/s1. The summed E-state index contributed by atoms with van der Waals surface area (Å²) in [6.45, 7) is 6.58. The lowest BCUT2D eigenvalue weighted by Gasteiger charge is -2.34. The van der Waals surface area contributed by atoms with Crippen LogP contribution in [-0.2, 0) is 14.0 Å². The van der Waals surface area contributed by atoms with Crippen molar-refractivity contribution in [1.29, 1.82) is 0 Å². The molecule has 0 bridgehead atoms. The van der Waals surface area contributed by atoms with E-state index in [-0.39, 0.29) is 11.9 Å². The molecule has 0 aromatic carbocycles. The van der Waals surface area contributed by atoms with Crippen LogP contribution in [0, 0.1) is 5.92 Å². The first kappa shape index (κ1) is 16.4. The maximum Gasteiger partial charge on any atom is 0.184 e. The van der Waals surface area contributed by atoms with Crippen LogP contribution in [0.2, 0.25) is 19.6 Å². The third kappa shape index (κ3) is 6.92. The fourth-order valence-corrected chi connectivity index (χ4v) is 3.86. The van der Waals surface area contributed by atoms with Gasteiger partial charge in [0, 0.05) is 12.5 Å². The Morgan fingerprint density at radius 2 is 1.89 bits per heavy atom. The average molecular weight is 284 g/mol. The van der Waals surface area contributed by atoms with Crippen molar-refractivity contribution in [2.45, 2.75) is 64.3 Å². The first-order valence-corrected chi connectivity index (χ1v) is 10.7. The third-order valence-electron chi connectivity index (χ3n) is 3.47. The fraction of sp³-hybridized carbons (Fsp3) is 0.800. The molecule has 0 aromatic rings. The lowest BCUT2D eigenvalue weighted by Crippen LogP contribution is -2.38. The highest BCUT2D eigenvalue weighted by atomic mass is 28.4. The molecule has 19 heavy (non-hydrogen) atoms. The van der Waals surface area contributed by atoms with Crippen molar-refractivity contribution in [3.05, 3.63) is 12.3 Å². The summed E-state index contributed by atoms with van der Waals surface area (Å²) in [7, 11) is -0.0534. The molecule has 1 aliphatic carbocycles. The second-order valence-corrected chi connectivity index (χ2v) is 10.8. The summed E-state index contributed by atoms with van der Waals surface area (Å²) in [5.74, 6) is 0.663. The molecule has 1 saturated carbocycles. The number of hydrogen-bond donors (Lipinski definition) is 0. The minimum Gasteiger partial charge on any atom is -0.504 e. The van der Waals surface area contributed by atoms with E-state index < -0.39 is 8.32 Å². The maximum absolute atomic E-state index is 11.9. The fourth-order valence-electron chi connectivity index (χ4n) is 2.67. The van der Waals surface area contributed by atoms with Crippen molar-refractivity contribution in [2.24, 2.45) is 5.92 Å². The zero-order chi connectivity index (χ0) is 14.3. The summed E-state index contributed by atoms with van der Waals surface area (Å²) in [4.78, 5) is 11.9. The van der Waals surface area contributed by atoms with Gasteiger partial charge in [-0.1, -0.05) is 19.3 Å². The van der Waals surface area contributed by atoms with Gasteiger partial charge in [0.05, 0.1) is 19.5 Å². The molecule has 0 unspecified atom stereocenters. The van der Waals surface area contributed by atoms with Crippen LogP contribution in [0.1, 0.15) is 38.5 Å². The zero-order valence-corrected chi connectivity index (χ0v) is 13.8. The minimum atomic E-state index is -1.61. The highest BCUT2D eigenvalue weighted by molar-refractivity contribution is 6.69. The molecule has 1 fully saturated rings. The number of methoxy groups -OCH3 is 1.